The quantitative estimate of drug-likeness (QED) is 0.542. The van der Waals surface area contributed by atoms with E-state index in [1.807, 2.05) is 6.26 Å². The maximum Gasteiger partial charge on any atom is 0.105 e. The van der Waals surface area contributed by atoms with Crippen LogP contribution in [0.25, 0.3) is 0 Å². The van der Waals surface area contributed by atoms with E-state index >= 15 is 0 Å². The zero-order chi connectivity index (χ0) is 8.73. The molecule has 0 aromatic heterocycles. The molecule has 1 heteroatoms. The van der Waals surface area contributed by atoms with Crippen LogP contribution in [-0.4, -0.2) is 6.61 Å². The standard InChI is InChI=1S/C12H10O/c1-2-7-12-9-13-8-11(12)6-3-5-10(12)4-1/h1-8H,9H2. The summed E-state index contributed by atoms with van der Waals surface area (Å²) in [6.07, 6.45) is 16.8. The Hall–Kier alpha value is -1.50. The van der Waals surface area contributed by atoms with E-state index in [1.165, 1.54) is 11.1 Å². The topological polar surface area (TPSA) is 9.23 Å². The molecule has 1 unspecified atom stereocenters. The van der Waals surface area contributed by atoms with Gasteiger partial charge in [0.15, 0.2) is 0 Å². The van der Waals surface area contributed by atoms with E-state index in [2.05, 4.69) is 42.5 Å². The van der Waals surface area contributed by atoms with Gasteiger partial charge in [-0.25, -0.2) is 0 Å². The summed E-state index contributed by atoms with van der Waals surface area (Å²) < 4.78 is 5.41. The van der Waals surface area contributed by atoms with Gasteiger partial charge in [0.05, 0.1) is 11.7 Å². The summed E-state index contributed by atoms with van der Waals surface area (Å²) in [6.45, 7) is 0.749. The Balaban J connectivity index is 2.22. The van der Waals surface area contributed by atoms with Crippen LogP contribution in [0.4, 0.5) is 0 Å². The van der Waals surface area contributed by atoms with Gasteiger partial charge in [0.2, 0.25) is 0 Å². The molecule has 0 saturated carbocycles. The van der Waals surface area contributed by atoms with Crippen LogP contribution in [0.15, 0.2) is 59.9 Å². The van der Waals surface area contributed by atoms with E-state index < -0.39 is 0 Å². The van der Waals surface area contributed by atoms with Crippen molar-refractivity contribution in [2.45, 2.75) is 0 Å². The predicted molar refractivity (Wildman–Crippen MR) is 52.0 cm³/mol. The van der Waals surface area contributed by atoms with E-state index in [9.17, 15) is 0 Å². The summed E-state index contributed by atoms with van der Waals surface area (Å²) in [5.41, 5.74) is 2.63. The first-order valence-corrected chi connectivity index (χ1v) is 4.49. The fourth-order valence-electron chi connectivity index (χ4n) is 2.12. The monoisotopic (exact) mass is 170 g/mol. The number of hydrogen-bond donors (Lipinski definition) is 0. The number of ether oxygens (including phenoxy) is 1. The lowest BCUT2D eigenvalue weighted by Gasteiger charge is -2.31. The molecular weight excluding hydrogens is 160 g/mol. The van der Waals surface area contributed by atoms with Gasteiger partial charge in [0.1, 0.15) is 6.61 Å². The summed E-state index contributed by atoms with van der Waals surface area (Å²) in [7, 11) is 0. The highest BCUT2D eigenvalue weighted by Gasteiger charge is 2.40. The molecule has 0 amide bonds. The number of hydrogen-bond acceptors (Lipinski definition) is 1. The van der Waals surface area contributed by atoms with Crippen LogP contribution in [0.2, 0.25) is 0 Å². The Bertz CT molecular complexity index is 393. The zero-order valence-corrected chi connectivity index (χ0v) is 7.23. The normalized spacial score (nSPS) is 33.2. The molecule has 0 radical (unpaired) electrons. The van der Waals surface area contributed by atoms with Crippen molar-refractivity contribution in [3.8, 4) is 0 Å². The molecule has 1 heterocycles. The Kier molecular flexibility index (Phi) is 1.21. The zero-order valence-electron chi connectivity index (χ0n) is 7.23. The Morgan fingerprint density at radius 2 is 2.00 bits per heavy atom. The first-order valence-electron chi connectivity index (χ1n) is 4.49. The molecule has 0 N–H and O–H groups in total. The molecule has 0 aromatic rings. The molecule has 0 aromatic carbocycles. The summed E-state index contributed by atoms with van der Waals surface area (Å²) in [5.74, 6) is 0. The van der Waals surface area contributed by atoms with Crippen LogP contribution in [0, 0.1) is 5.41 Å². The Morgan fingerprint density at radius 1 is 1.08 bits per heavy atom. The molecule has 0 saturated heterocycles. The molecule has 2 aliphatic carbocycles. The Morgan fingerprint density at radius 3 is 3.00 bits per heavy atom. The molecular formula is C12H10O. The molecule has 1 atom stereocenters. The van der Waals surface area contributed by atoms with Crippen LogP contribution in [0.1, 0.15) is 0 Å². The fraction of sp³-hybridized carbons (Fsp3) is 0.167. The van der Waals surface area contributed by atoms with Gasteiger partial charge < -0.3 is 4.74 Å². The number of rotatable bonds is 0. The predicted octanol–water partition coefficient (Wildman–Crippen LogP) is 2.51. The van der Waals surface area contributed by atoms with Crippen LogP contribution in [0.5, 0.6) is 0 Å². The van der Waals surface area contributed by atoms with Gasteiger partial charge >= 0.3 is 0 Å². The van der Waals surface area contributed by atoms with Gasteiger partial charge in [0.25, 0.3) is 0 Å². The summed E-state index contributed by atoms with van der Waals surface area (Å²) in [4.78, 5) is 0. The maximum atomic E-state index is 5.41. The molecule has 3 aliphatic rings. The maximum absolute atomic E-state index is 5.41. The molecule has 64 valence electrons. The van der Waals surface area contributed by atoms with E-state index in [0.29, 0.717) is 0 Å². The molecule has 1 nitrogen and oxygen atoms in total. The van der Waals surface area contributed by atoms with Crippen LogP contribution >= 0.6 is 0 Å². The third kappa shape index (κ3) is 0.765. The van der Waals surface area contributed by atoms with E-state index in [0.717, 1.165) is 6.61 Å². The summed E-state index contributed by atoms with van der Waals surface area (Å²) >= 11 is 0. The molecule has 1 aliphatic heterocycles. The first-order chi connectivity index (χ1) is 6.42. The van der Waals surface area contributed by atoms with Gasteiger partial charge in [-0.3, -0.25) is 0 Å². The average Bonchev–Trinajstić information content (AvgIpc) is 2.58. The highest BCUT2D eigenvalue weighted by atomic mass is 16.5. The van der Waals surface area contributed by atoms with Gasteiger partial charge in [-0.05, 0) is 5.57 Å². The highest BCUT2D eigenvalue weighted by molar-refractivity contribution is 5.55. The molecule has 13 heavy (non-hydrogen) atoms. The van der Waals surface area contributed by atoms with Crippen molar-refractivity contribution in [1.29, 1.82) is 0 Å². The molecule has 3 rings (SSSR count). The minimum absolute atomic E-state index is 0.0313. The van der Waals surface area contributed by atoms with E-state index in [-0.39, 0.29) is 5.41 Å². The van der Waals surface area contributed by atoms with E-state index in [1.54, 1.807) is 0 Å². The second-order valence-electron chi connectivity index (χ2n) is 3.55. The van der Waals surface area contributed by atoms with Crippen LogP contribution < -0.4 is 0 Å². The highest BCUT2D eigenvalue weighted by Crippen LogP contribution is 2.46. The second-order valence-corrected chi connectivity index (χ2v) is 3.55. The molecule has 1 spiro atoms. The van der Waals surface area contributed by atoms with Crippen LogP contribution in [-0.2, 0) is 4.74 Å². The van der Waals surface area contributed by atoms with Crippen molar-refractivity contribution in [3.05, 3.63) is 59.9 Å². The lowest BCUT2D eigenvalue weighted by Crippen LogP contribution is -2.26. The third-order valence-electron chi connectivity index (χ3n) is 2.87. The van der Waals surface area contributed by atoms with Crippen molar-refractivity contribution in [2.24, 2.45) is 5.41 Å². The van der Waals surface area contributed by atoms with Crippen molar-refractivity contribution in [3.63, 3.8) is 0 Å². The first kappa shape index (κ1) is 6.96. The minimum Gasteiger partial charge on any atom is -0.499 e. The summed E-state index contributed by atoms with van der Waals surface area (Å²) in [6, 6.07) is 0. The van der Waals surface area contributed by atoms with Gasteiger partial charge in [-0.1, -0.05) is 42.5 Å². The minimum atomic E-state index is 0.0313. The van der Waals surface area contributed by atoms with Crippen molar-refractivity contribution in [2.75, 3.05) is 6.61 Å². The van der Waals surface area contributed by atoms with Gasteiger partial charge in [0, 0.05) is 5.57 Å². The van der Waals surface area contributed by atoms with E-state index in [4.69, 9.17) is 4.74 Å². The van der Waals surface area contributed by atoms with Gasteiger partial charge in [-0.2, -0.15) is 0 Å². The largest absolute Gasteiger partial charge is 0.499 e. The smallest absolute Gasteiger partial charge is 0.105 e. The lowest BCUT2D eigenvalue weighted by atomic mass is 9.71. The third-order valence-corrected chi connectivity index (χ3v) is 2.87. The average molecular weight is 170 g/mol. The fourth-order valence-corrected chi connectivity index (χ4v) is 2.12. The lowest BCUT2D eigenvalue weighted by molar-refractivity contribution is 0.233. The van der Waals surface area contributed by atoms with Crippen molar-refractivity contribution in [1.82, 2.24) is 0 Å². The summed E-state index contributed by atoms with van der Waals surface area (Å²) in [5, 5.41) is 0. The molecule has 0 fully saturated rings. The van der Waals surface area contributed by atoms with Crippen molar-refractivity contribution < 1.29 is 4.74 Å². The van der Waals surface area contributed by atoms with Crippen LogP contribution in [0.3, 0.4) is 0 Å². The number of allylic oxidation sites excluding steroid dienone is 6. The molecule has 0 bridgehead atoms. The van der Waals surface area contributed by atoms with Gasteiger partial charge in [-0.15, -0.1) is 0 Å². The Labute approximate surface area is 77.4 Å². The second kappa shape index (κ2) is 2.25. The SMILES string of the molecule is C1=CC2=CC=CC3=COCC23C=C1. The van der Waals surface area contributed by atoms with Crippen molar-refractivity contribution >= 4 is 0 Å².